The molecule has 0 fully saturated rings. The van der Waals surface area contributed by atoms with E-state index in [9.17, 15) is 0 Å². The molecule has 0 saturated heterocycles. The van der Waals surface area contributed by atoms with Gasteiger partial charge < -0.3 is 11.1 Å². The van der Waals surface area contributed by atoms with E-state index in [-0.39, 0.29) is 0 Å². The van der Waals surface area contributed by atoms with Crippen LogP contribution in [0.4, 0.5) is 0 Å². The van der Waals surface area contributed by atoms with Gasteiger partial charge in [0.1, 0.15) is 0 Å². The molecule has 2 aliphatic rings. The summed E-state index contributed by atoms with van der Waals surface area (Å²) in [7, 11) is 0. The predicted octanol–water partition coefficient (Wildman–Crippen LogP) is 4.38. The molecule has 0 spiro atoms. The van der Waals surface area contributed by atoms with E-state index in [1.807, 2.05) is 45.9 Å². The molecule has 22 heavy (non-hydrogen) atoms. The van der Waals surface area contributed by atoms with Gasteiger partial charge in [0, 0.05) is 23.5 Å². The van der Waals surface area contributed by atoms with Crippen molar-refractivity contribution in [1.82, 2.24) is 5.01 Å². The Bertz CT molecular complexity index is 481. The Labute approximate surface area is 135 Å². The fraction of sp³-hybridized carbons (Fsp3) is 0.500. The lowest BCUT2D eigenvalue weighted by Gasteiger charge is -2.32. The molecule has 0 aromatic heterocycles. The lowest BCUT2D eigenvalue weighted by molar-refractivity contribution is 0.431. The number of nitrogens with zero attached hydrogens (tertiary/aromatic N) is 1. The Balaban J connectivity index is 0.00000102. The van der Waals surface area contributed by atoms with Crippen LogP contribution in [0.15, 0.2) is 47.0 Å². The van der Waals surface area contributed by atoms with Gasteiger partial charge in [0.15, 0.2) is 0 Å². The highest BCUT2D eigenvalue weighted by Gasteiger charge is 2.23. The molecule has 0 aromatic carbocycles. The molecule has 0 aromatic rings. The second kappa shape index (κ2) is 10.9. The molecule has 1 aliphatic heterocycles. The highest BCUT2D eigenvalue weighted by molar-refractivity contribution is 5.95. The Morgan fingerprint density at radius 3 is 2.50 bits per heavy atom. The van der Waals surface area contributed by atoms with Crippen LogP contribution in [0.25, 0.3) is 0 Å². The minimum atomic E-state index is 0.635. The second-order valence-corrected chi connectivity index (χ2v) is 4.61. The average Bonchev–Trinajstić information content (AvgIpc) is 2.55. The van der Waals surface area contributed by atoms with Crippen LogP contribution in [0, 0.1) is 5.41 Å². The zero-order valence-electron chi connectivity index (χ0n) is 14.7. The molecule has 1 heterocycles. The van der Waals surface area contributed by atoms with Gasteiger partial charge in [-0.15, -0.1) is 0 Å². The maximum Gasteiger partial charge on any atom is 0.0618 e. The first-order valence-corrected chi connectivity index (χ1v) is 8.31. The van der Waals surface area contributed by atoms with Crippen LogP contribution < -0.4 is 11.6 Å². The first-order valence-electron chi connectivity index (χ1n) is 8.31. The smallest absolute Gasteiger partial charge is 0.0618 e. The summed E-state index contributed by atoms with van der Waals surface area (Å²) in [5.74, 6) is 6.12. The molecule has 124 valence electrons. The molecule has 5 N–H and O–H groups in total. The molecule has 2 rings (SSSR count). The molecule has 0 atom stereocenters. The zero-order chi connectivity index (χ0) is 17.1. The minimum absolute atomic E-state index is 0.635. The number of hydrogen-bond donors (Lipinski definition) is 3. The topological polar surface area (TPSA) is 79.1 Å². The quantitative estimate of drug-likeness (QED) is 0.662. The highest BCUT2D eigenvalue weighted by atomic mass is 15.4. The number of nitrogens with one attached hydrogen (secondary N) is 1. The maximum absolute atomic E-state index is 7.73. The molecular formula is C18H32N4. The van der Waals surface area contributed by atoms with Gasteiger partial charge in [0.25, 0.3) is 0 Å². The summed E-state index contributed by atoms with van der Waals surface area (Å²) in [5.41, 5.74) is 10.4. The van der Waals surface area contributed by atoms with E-state index >= 15 is 0 Å². The molecular weight excluding hydrogens is 272 g/mol. The molecule has 4 nitrogen and oxygen atoms in total. The van der Waals surface area contributed by atoms with Crippen molar-refractivity contribution in [3.8, 4) is 0 Å². The third-order valence-electron chi connectivity index (χ3n) is 3.20. The van der Waals surface area contributed by atoms with Gasteiger partial charge in [-0.05, 0) is 37.0 Å². The van der Waals surface area contributed by atoms with E-state index in [0.29, 0.717) is 5.71 Å². The van der Waals surface area contributed by atoms with Gasteiger partial charge in [-0.25, -0.2) is 5.84 Å². The summed E-state index contributed by atoms with van der Waals surface area (Å²) < 4.78 is 0. The lowest BCUT2D eigenvalue weighted by Crippen LogP contribution is -2.34. The first-order chi connectivity index (χ1) is 10.6. The van der Waals surface area contributed by atoms with Crippen molar-refractivity contribution < 1.29 is 0 Å². The van der Waals surface area contributed by atoms with E-state index < -0.39 is 0 Å². The summed E-state index contributed by atoms with van der Waals surface area (Å²) in [4.78, 5) is 0. The second-order valence-electron chi connectivity index (χ2n) is 4.61. The molecule has 0 saturated carbocycles. The molecule has 1 aliphatic carbocycles. The van der Waals surface area contributed by atoms with Crippen LogP contribution in [0.5, 0.6) is 0 Å². The Morgan fingerprint density at radius 1 is 1.27 bits per heavy atom. The minimum Gasteiger partial charge on any atom is -0.399 e. The summed E-state index contributed by atoms with van der Waals surface area (Å²) in [6.07, 6.45) is 11.3. The summed E-state index contributed by atoms with van der Waals surface area (Å²) in [6, 6.07) is 0. The summed E-state index contributed by atoms with van der Waals surface area (Å²) in [5, 5.41) is 9.40. The van der Waals surface area contributed by atoms with Crippen LogP contribution in [-0.4, -0.2) is 10.7 Å². The number of rotatable bonds is 2. The van der Waals surface area contributed by atoms with Crippen molar-refractivity contribution >= 4 is 5.71 Å². The first kappa shape index (κ1) is 20.2. The number of hydrazine groups is 1. The van der Waals surface area contributed by atoms with Gasteiger partial charge >= 0.3 is 0 Å². The molecule has 0 radical (unpaired) electrons. The number of hydrogen-bond acceptors (Lipinski definition) is 4. The fourth-order valence-corrected chi connectivity index (χ4v) is 2.25. The van der Waals surface area contributed by atoms with Crippen LogP contribution in [0.1, 0.15) is 60.3 Å². The van der Waals surface area contributed by atoms with Gasteiger partial charge in [-0.3, -0.25) is 5.01 Å². The van der Waals surface area contributed by atoms with Crippen molar-refractivity contribution in [1.29, 1.82) is 5.41 Å². The van der Waals surface area contributed by atoms with E-state index in [0.717, 1.165) is 42.8 Å². The molecule has 0 unspecified atom stereocenters. The van der Waals surface area contributed by atoms with Crippen molar-refractivity contribution in [3.63, 3.8) is 0 Å². The van der Waals surface area contributed by atoms with Crippen molar-refractivity contribution in [2.45, 2.75) is 60.3 Å². The van der Waals surface area contributed by atoms with Gasteiger partial charge in [-0.2, -0.15) is 0 Å². The lowest BCUT2D eigenvalue weighted by atomic mass is 9.92. The SMILES string of the molecule is CC.CC.CC/C=C(N)\C=C1/CC=C2CCC(=N)C=C2N1N. The number of fused-ring (bicyclic) bond motifs is 1. The molecule has 4 heteroatoms. The normalized spacial score (nSPS) is 19.2. The number of allylic oxidation sites excluding steroid dienone is 5. The summed E-state index contributed by atoms with van der Waals surface area (Å²) >= 11 is 0. The van der Waals surface area contributed by atoms with Crippen molar-refractivity contribution in [2.75, 3.05) is 0 Å². The van der Waals surface area contributed by atoms with Crippen LogP contribution in [-0.2, 0) is 0 Å². The van der Waals surface area contributed by atoms with Gasteiger partial charge in [0.05, 0.1) is 5.70 Å². The zero-order valence-corrected chi connectivity index (χ0v) is 14.7. The van der Waals surface area contributed by atoms with Crippen LogP contribution in [0.2, 0.25) is 0 Å². The van der Waals surface area contributed by atoms with Crippen LogP contribution in [0.3, 0.4) is 0 Å². The standard InChI is InChI=1S/C14H20N4.2C2H6/c1-2-3-11(15)8-13-7-5-10-4-6-12(16)9-14(10)18(13)17;2*1-2/h3,5,8-9,16H,2,4,6-7,15,17H2,1H3;2*1-2H3/b11-3+,13-8+,16-12?;;. The van der Waals surface area contributed by atoms with Crippen molar-refractivity contribution in [3.05, 3.63) is 47.0 Å². The maximum atomic E-state index is 7.73. The predicted molar refractivity (Wildman–Crippen MR) is 97.1 cm³/mol. The van der Waals surface area contributed by atoms with Crippen LogP contribution >= 0.6 is 0 Å². The van der Waals surface area contributed by atoms with E-state index in [4.69, 9.17) is 17.0 Å². The largest absolute Gasteiger partial charge is 0.399 e. The Kier molecular flexibility index (Phi) is 9.96. The fourth-order valence-electron chi connectivity index (χ4n) is 2.25. The molecule has 0 bridgehead atoms. The third-order valence-corrected chi connectivity index (χ3v) is 3.20. The third kappa shape index (κ3) is 5.53. The number of nitrogens with two attached hydrogens (primary N) is 2. The van der Waals surface area contributed by atoms with Gasteiger partial charge in [-0.1, -0.05) is 46.8 Å². The monoisotopic (exact) mass is 304 g/mol. The van der Waals surface area contributed by atoms with Crippen molar-refractivity contribution in [2.24, 2.45) is 11.6 Å². The Morgan fingerprint density at radius 2 is 1.91 bits per heavy atom. The molecule has 0 amide bonds. The van der Waals surface area contributed by atoms with E-state index in [1.165, 1.54) is 5.57 Å². The van der Waals surface area contributed by atoms with E-state index in [2.05, 4.69) is 13.0 Å². The average molecular weight is 304 g/mol. The highest BCUT2D eigenvalue weighted by Crippen LogP contribution is 2.32. The van der Waals surface area contributed by atoms with E-state index in [1.54, 1.807) is 5.01 Å². The summed E-state index contributed by atoms with van der Waals surface area (Å²) in [6.45, 7) is 10.1. The Hall–Kier alpha value is -1.81. The van der Waals surface area contributed by atoms with Gasteiger partial charge in [0.2, 0.25) is 0 Å².